The van der Waals surface area contributed by atoms with E-state index in [0.717, 1.165) is 13.0 Å². The number of amides is 1. The third-order valence-electron chi connectivity index (χ3n) is 1.15. The highest BCUT2D eigenvalue weighted by molar-refractivity contribution is 6.57. The van der Waals surface area contributed by atoms with Gasteiger partial charge in [0.25, 0.3) is 0 Å². The van der Waals surface area contributed by atoms with Crippen LogP contribution < -0.4 is 5.32 Å². The summed E-state index contributed by atoms with van der Waals surface area (Å²) in [5.74, 6) is 0.0751. The fourth-order valence-electron chi connectivity index (χ4n) is 0.639. The Hall–Kier alpha value is -0.465. The van der Waals surface area contributed by atoms with E-state index in [-0.39, 0.29) is 5.81 Å². The van der Waals surface area contributed by atoms with Gasteiger partial charge in [-0.3, -0.25) is 4.79 Å². The fourth-order valence-corrected chi connectivity index (χ4v) is 0.639. The van der Waals surface area contributed by atoms with Crippen molar-refractivity contribution in [3.8, 4) is 0 Å². The van der Waals surface area contributed by atoms with Gasteiger partial charge < -0.3 is 5.32 Å². The Morgan fingerprint density at radius 1 is 1.56 bits per heavy atom. The van der Waals surface area contributed by atoms with Gasteiger partial charge in [-0.15, -0.1) is 0 Å². The molecule has 0 bridgehead atoms. The van der Waals surface area contributed by atoms with Crippen LogP contribution in [0.1, 0.15) is 26.2 Å². The zero-order chi connectivity index (χ0) is 7.11. The van der Waals surface area contributed by atoms with Gasteiger partial charge in [0.2, 0.25) is 7.85 Å². The first-order valence-electron chi connectivity index (χ1n) is 3.51. The molecular formula is C6H14BNO. The smallest absolute Gasteiger partial charge is 0.215 e. The van der Waals surface area contributed by atoms with Gasteiger partial charge in [0.05, 0.1) is 0 Å². The molecule has 0 rings (SSSR count). The summed E-state index contributed by atoms with van der Waals surface area (Å²) in [5, 5.41) is 2.74. The Morgan fingerprint density at radius 3 is 2.67 bits per heavy atom. The standard InChI is InChI=1S/C6H14BNO/c1-2-3-4-5-8-6(7)9/h2-5,7H2,1H3,(H,8,9). The fraction of sp³-hybridized carbons (Fsp3) is 0.833. The monoisotopic (exact) mass is 127 g/mol. The normalized spacial score (nSPS) is 9.00. The molecule has 1 N–H and O–H groups in total. The van der Waals surface area contributed by atoms with Crippen molar-refractivity contribution in [2.24, 2.45) is 0 Å². The molecule has 0 spiro atoms. The van der Waals surface area contributed by atoms with E-state index in [1.807, 2.05) is 0 Å². The lowest BCUT2D eigenvalue weighted by Crippen LogP contribution is -2.22. The molecule has 0 aliphatic carbocycles. The summed E-state index contributed by atoms with van der Waals surface area (Å²) in [5.41, 5.74) is 0. The van der Waals surface area contributed by atoms with Crippen LogP contribution >= 0.6 is 0 Å². The van der Waals surface area contributed by atoms with Gasteiger partial charge in [0, 0.05) is 6.54 Å². The zero-order valence-electron chi connectivity index (χ0n) is 6.24. The van der Waals surface area contributed by atoms with Gasteiger partial charge in [0.1, 0.15) is 0 Å². The molecule has 3 heteroatoms. The maximum Gasteiger partial charge on any atom is 0.215 e. The van der Waals surface area contributed by atoms with Crippen LogP contribution in [0.3, 0.4) is 0 Å². The molecule has 0 unspecified atom stereocenters. The molecule has 52 valence electrons. The zero-order valence-corrected chi connectivity index (χ0v) is 6.24. The SMILES string of the molecule is BC(=O)NCCCCC. The summed E-state index contributed by atoms with van der Waals surface area (Å²) in [6, 6.07) is 0. The summed E-state index contributed by atoms with van der Waals surface area (Å²) in [6.45, 7) is 2.98. The number of carbonyl (C=O) groups is 1. The maximum absolute atomic E-state index is 10.3. The highest BCUT2D eigenvalue weighted by Gasteiger charge is 1.87. The Bertz CT molecular complexity index is 85.1. The van der Waals surface area contributed by atoms with Gasteiger partial charge in [-0.25, -0.2) is 0 Å². The first kappa shape index (κ1) is 8.53. The number of rotatable bonds is 4. The largest absolute Gasteiger partial charge is 0.365 e. The third-order valence-corrected chi connectivity index (χ3v) is 1.15. The second-order valence-electron chi connectivity index (χ2n) is 2.19. The van der Waals surface area contributed by atoms with Crippen molar-refractivity contribution in [3.05, 3.63) is 0 Å². The topological polar surface area (TPSA) is 29.1 Å². The van der Waals surface area contributed by atoms with Crippen LogP contribution in [0.4, 0.5) is 4.79 Å². The van der Waals surface area contributed by atoms with Gasteiger partial charge >= 0.3 is 0 Å². The van der Waals surface area contributed by atoms with Crippen molar-refractivity contribution in [2.75, 3.05) is 6.54 Å². The van der Waals surface area contributed by atoms with E-state index in [0.29, 0.717) is 0 Å². The van der Waals surface area contributed by atoms with Gasteiger partial charge in [-0.2, -0.15) is 0 Å². The van der Waals surface area contributed by atoms with Crippen LogP contribution in [0.5, 0.6) is 0 Å². The lowest BCUT2D eigenvalue weighted by Gasteiger charge is -1.98. The molecule has 0 aromatic carbocycles. The molecule has 0 heterocycles. The Labute approximate surface area is 57.4 Å². The number of nitrogens with one attached hydrogen (secondary N) is 1. The van der Waals surface area contributed by atoms with Crippen molar-refractivity contribution >= 4 is 13.7 Å². The highest BCUT2D eigenvalue weighted by atomic mass is 16.1. The molecule has 9 heavy (non-hydrogen) atoms. The maximum atomic E-state index is 10.3. The van der Waals surface area contributed by atoms with Crippen LogP contribution in [0.25, 0.3) is 0 Å². The van der Waals surface area contributed by atoms with E-state index in [9.17, 15) is 4.79 Å². The van der Waals surface area contributed by atoms with Crippen molar-refractivity contribution in [3.63, 3.8) is 0 Å². The van der Waals surface area contributed by atoms with Crippen molar-refractivity contribution in [2.45, 2.75) is 26.2 Å². The summed E-state index contributed by atoms with van der Waals surface area (Å²) >= 11 is 0. The molecule has 0 aromatic heterocycles. The predicted molar refractivity (Wildman–Crippen MR) is 41.5 cm³/mol. The second-order valence-corrected chi connectivity index (χ2v) is 2.19. The molecular weight excluding hydrogens is 113 g/mol. The Morgan fingerprint density at radius 2 is 2.22 bits per heavy atom. The average molecular weight is 127 g/mol. The average Bonchev–Trinajstić information content (AvgIpc) is 1.80. The molecule has 0 saturated carbocycles. The molecule has 0 aliphatic heterocycles. The molecule has 0 aliphatic rings. The van der Waals surface area contributed by atoms with E-state index in [1.54, 1.807) is 7.85 Å². The molecule has 0 radical (unpaired) electrons. The second kappa shape index (κ2) is 5.67. The summed E-state index contributed by atoms with van der Waals surface area (Å²) < 4.78 is 0. The van der Waals surface area contributed by atoms with Crippen molar-refractivity contribution in [1.82, 2.24) is 5.32 Å². The number of hydrogen-bond acceptors (Lipinski definition) is 1. The number of hydrogen-bond donors (Lipinski definition) is 1. The van der Waals surface area contributed by atoms with E-state index in [4.69, 9.17) is 0 Å². The lowest BCUT2D eigenvalue weighted by molar-refractivity contribution is 0.259. The van der Waals surface area contributed by atoms with E-state index in [1.165, 1.54) is 12.8 Å². The minimum Gasteiger partial charge on any atom is -0.365 e. The molecule has 0 atom stereocenters. The highest BCUT2D eigenvalue weighted by Crippen LogP contribution is 1.90. The van der Waals surface area contributed by atoms with E-state index >= 15 is 0 Å². The Kier molecular flexibility index (Phi) is 5.37. The van der Waals surface area contributed by atoms with Gasteiger partial charge in [0.15, 0.2) is 5.81 Å². The summed E-state index contributed by atoms with van der Waals surface area (Å²) in [6.07, 6.45) is 3.52. The van der Waals surface area contributed by atoms with Crippen molar-refractivity contribution in [1.29, 1.82) is 0 Å². The number of unbranched alkanes of at least 4 members (excludes halogenated alkanes) is 2. The molecule has 0 saturated heterocycles. The molecule has 1 amide bonds. The lowest BCUT2D eigenvalue weighted by atomic mass is 10.1. The minimum absolute atomic E-state index is 0.0751. The van der Waals surface area contributed by atoms with Crippen LogP contribution in [0.15, 0.2) is 0 Å². The predicted octanol–water partition coefficient (Wildman–Crippen LogP) is 0.519. The first-order valence-corrected chi connectivity index (χ1v) is 3.51. The van der Waals surface area contributed by atoms with Crippen molar-refractivity contribution < 1.29 is 4.79 Å². The van der Waals surface area contributed by atoms with Crippen LogP contribution in [0.2, 0.25) is 0 Å². The number of carbonyl (C=O) groups excluding carboxylic acids is 1. The minimum atomic E-state index is 0.0751. The summed E-state index contributed by atoms with van der Waals surface area (Å²) in [7, 11) is 1.55. The van der Waals surface area contributed by atoms with E-state index in [2.05, 4.69) is 12.2 Å². The third kappa shape index (κ3) is 7.53. The van der Waals surface area contributed by atoms with Crippen LogP contribution in [-0.4, -0.2) is 20.2 Å². The van der Waals surface area contributed by atoms with Crippen LogP contribution in [-0.2, 0) is 0 Å². The quantitative estimate of drug-likeness (QED) is 0.432. The van der Waals surface area contributed by atoms with E-state index < -0.39 is 0 Å². The van der Waals surface area contributed by atoms with Gasteiger partial charge in [-0.1, -0.05) is 19.8 Å². The molecule has 0 aromatic rings. The van der Waals surface area contributed by atoms with Gasteiger partial charge in [-0.05, 0) is 6.42 Å². The first-order chi connectivity index (χ1) is 4.27. The Balaban J connectivity index is 2.83. The van der Waals surface area contributed by atoms with Crippen LogP contribution in [0, 0.1) is 0 Å². The molecule has 2 nitrogen and oxygen atoms in total. The molecule has 0 fully saturated rings. The summed E-state index contributed by atoms with van der Waals surface area (Å²) in [4.78, 5) is 10.3.